The van der Waals surface area contributed by atoms with Gasteiger partial charge in [-0.3, -0.25) is 4.79 Å². The number of carbonyl (C=O) groups excluding carboxylic acids is 1. The number of hydrogen-bond donors (Lipinski definition) is 1. The van der Waals surface area contributed by atoms with Crippen LogP contribution in [0.15, 0.2) is 72.8 Å². The first-order valence-corrected chi connectivity index (χ1v) is 11.9. The molecule has 34 heavy (non-hydrogen) atoms. The molecule has 2 heterocycles. The second-order valence-corrected chi connectivity index (χ2v) is 9.02. The second kappa shape index (κ2) is 9.75. The molecule has 1 fully saturated rings. The molecule has 0 bridgehead atoms. The minimum atomic E-state index is -0.239. The molecule has 1 saturated heterocycles. The van der Waals surface area contributed by atoms with Crippen LogP contribution in [0, 0.1) is 11.7 Å². The zero-order valence-corrected chi connectivity index (χ0v) is 19.4. The molecule has 3 aromatic rings. The van der Waals surface area contributed by atoms with Gasteiger partial charge < -0.3 is 19.9 Å². The molecule has 1 N–H and O–H groups in total. The summed E-state index contributed by atoms with van der Waals surface area (Å²) in [5.41, 5.74) is 4.53. The van der Waals surface area contributed by atoms with Crippen molar-refractivity contribution in [3.8, 4) is 5.75 Å². The Bertz CT molecular complexity index is 1140. The summed E-state index contributed by atoms with van der Waals surface area (Å²) in [5, 5.41) is 3.19. The van der Waals surface area contributed by atoms with E-state index >= 15 is 0 Å². The fraction of sp³-hybridized carbons (Fsp3) is 0.321. The van der Waals surface area contributed by atoms with Gasteiger partial charge >= 0.3 is 0 Å². The Kier molecular flexibility index (Phi) is 6.39. The number of piperazine rings is 1. The highest BCUT2D eigenvalue weighted by Gasteiger charge is 2.41. The van der Waals surface area contributed by atoms with Gasteiger partial charge in [-0.05, 0) is 54.3 Å². The molecule has 5 rings (SSSR count). The normalized spacial score (nSPS) is 19.2. The van der Waals surface area contributed by atoms with E-state index in [1.165, 1.54) is 23.3 Å². The van der Waals surface area contributed by atoms with Crippen molar-refractivity contribution in [1.29, 1.82) is 0 Å². The van der Waals surface area contributed by atoms with Gasteiger partial charge in [-0.15, -0.1) is 0 Å². The van der Waals surface area contributed by atoms with Crippen molar-refractivity contribution in [1.82, 2.24) is 5.32 Å². The maximum absolute atomic E-state index is 13.5. The Morgan fingerprint density at radius 1 is 1.06 bits per heavy atom. The predicted octanol–water partition coefficient (Wildman–Crippen LogP) is 4.06. The molecule has 0 unspecified atom stereocenters. The maximum Gasteiger partial charge on any atom is 0.225 e. The van der Waals surface area contributed by atoms with E-state index in [1.807, 2.05) is 36.4 Å². The molecule has 0 aliphatic carbocycles. The molecule has 6 heteroatoms. The number of anilines is 2. The van der Waals surface area contributed by atoms with E-state index in [0.29, 0.717) is 19.5 Å². The van der Waals surface area contributed by atoms with Crippen LogP contribution in [0.4, 0.5) is 15.8 Å². The predicted molar refractivity (Wildman–Crippen MR) is 133 cm³/mol. The third kappa shape index (κ3) is 4.58. The lowest BCUT2D eigenvalue weighted by molar-refractivity contribution is -0.125. The summed E-state index contributed by atoms with van der Waals surface area (Å²) in [6.45, 7) is 2.92. The number of nitrogens with zero attached hydrogens (tertiary/aromatic N) is 2. The zero-order valence-electron chi connectivity index (χ0n) is 19.4. The average molecular weight is 460 g/mol. The Labute approximate surface area is 200 Å². The number of halogens is 1. The van der Waals surface area contributed by atoms with Gasteiger partial charge in [0.15, 0.2) is 0 Å². The highest BCUT2D eigenvalue weighted by atomic mass is 19.1. The van der Waals surface area contributed by atoms with Gasteiger partial charge in [-0.2, -0.15) is 0 Å². The Hall–Kier alpha value is -3.54. The van der Waals surface area contributed by atoms with E-state index in [9.17, 15) is 9.18 Å². The van der Waals surface area contributed by atoms with Crippen molar-refractivity contribution in [3.05, 3.63) is 89.7 Å². The molecule has 2 aliphatic rings. The third-order valence-electron chi connectivity index (χ3n) is 7.01. The number of hydrogen-bond acceptors (Lipinski definition) is 4. The molecule has 5 nitrogen and oxygen atoms in total. The minimum Gasteiger partial charge on any atom is -0.497 e. The van der Waals surface area contributed by atoms with Crippen molar-refractivity contribution in [3.63, 3.8) is 0 Å². The highest BCUT2D eigenvalue weighted by molar-refractivity contribution is 5.82. The van der Waals surface area contributed by atoms with Crippen LogP contribution in [0.25, 0.3) is 0 Å². The Balaban J connectivity index is 1.37. The summed E-state index contributed by atoms with van der Waals surface area (Å²) in [5.74, 6) is 0.509. The number of benzene rings is 3. The topological polar surface area (TPSA) is 44.8 Å². The molecule has 2 atom stereocenters. The van der Waals surface area contributed by atoms with Crippen LogP contribution in [-0.2, 0) is 17.6 Å². The van der Waals surface area contributed by atoms with E-state index in [0.717, 1.165) is 36.6 Å². The van der Waals surface area contributed by atoms with E-state index < -0.39 is 0 Å². The van der Waals surface area contributed by atoms with Gasteiger partial charge in [-0.25, -0.2) is 4.39 Å². The maximum atomic E-state index is 13.5. The number of carbonyl (C=O) groups is 1. The Morgan fingerprint density at radius 3 is 2.62 bits per heavy atom. The summed E-state index contributed by atoms with van der Waals surface area (Å²) < 4.78 is 19.0. The second-order valence-electron chi connectivity index (χ2n) is 9.02. The summed E-state index contributed by atoms with van der Waals surface area (Å²) in [6.07, 6.45) is 1.50. The first-order chi connectivity index (χ1) is 16.6. The van der Waals surface area contributed by atoms with Gasteiger partial charge in [0.1, 0.15) is 11.6 Å². The van der Waals surface area contributed by atoms with Crippen LogP contribution >= 0.6 is 0 Å². The molecule has 1 amide bonds. The van der Waals surface area contributed by atoms with Crippen LogP contribution in [0.5, 0.6) is 5.75 Å². The quantitative estimate of drug-likeness (QED) is 0.604. The number of amides is 1. The van der Waals surface area contributed by atoms with Crippen LogP contribution in [0.2, 0.25) is 0 Å². The van der Waals surface area contributed by atoms with E-state index in [2.05, 4.69) is 39.4 Å². The summed E-state index contributed by atoms with van der Waals surface area (Å²) in [6, 6.07) is 23.0. The van der Waals surface area contributed by atoms with Gasteiger partial charge in [0.25, 0.3) is 0 Å². The molecular formula is C28H30FN3O2. The molecule has 0 saturated carbocycles. The molecule has 0 spiro atoms. The lowest BCUT2D eigenvalue weighted by Gasteiger charge is -2.49. The van der Waals surface area contributed by atoms with Gasteiger partial charge in [0.2, 0.25) is 5.91 Å². The van der Waals surface area contributed by atoms with E-state index in [-0.39, 0.29) is 23.7 Å². The van der Waals surface area contributed by atoms with Gasteiger partial charge in [0, 0.05) is 43.6 Å². The molecule has 3 aromatic carbocycles. The van der Waals surface area contributed by atoms with Crippen molar-refractivity contribution in [2.75, 3.05) is 43.1 Å². The van der Waals surface area contributed by atoms with Crippen molar-refractivity contribution in [2.45, 2.75) is 18.9 Å². The molecule has 0 aromatic heterocycles. The lowest BCUT2D eigenvalue weighted by Crippen LogP contribution is -2.61. The number of nitrogens with one attached hydrogen (secondary N) is 1. The Morgan fingerprint density at radius 2 is 1.85 bits per heavy atom. The first kappa shape index (κ1) is 22.3. The number of methoxy groups -OCH3 is 1. The van der Waals surface area contributed by atoms with E-state index in [1.54, 1.807) is 7.11 Å². The fourth-order valence-corrected chi connectivity index (χ4v) is 5.20. The van der Waals surface area contributed by atoms with Gasteiger partial charge in [-0.1, -0.05) is 36.4 Å². The zero-order chi connectivity index (χ0) is 23.5. The molecular weight excluding hydrogens is 429 g/mol. The summed E-state index contributed by atoms with van der Waals surface area (Å²) in [7, 11) is 1.68. The van der Waals surface area contributed by atoms with E-state index in [4.69, 9.17) is 4.74 Å². The number of rotatable bonds is 6. The molecule has 0 radical (unpaired) electrons. The van der Waals surface area contributed by atoms with Crippen LogP contribution in [0.3, 0.4) is 0 Å². The van der Waals surface area contributed by atoms with Gasteiger partial charge in [0.05, 0.1) is 19.1 Å². The van der Waals surface area contributed by atoms with Crippen LogP contribution < -0.4 is 19.9 Å². The van der Waals surface area contributed by atoms with Crippen molar-refractivity contribution in [2.24, 2.45) is 5.92 Å². The average Bonchev–Trinajstić information content (AvgIpc) is 2.88. The monoisotopic (exact) mass is 459 g/mol. The third-order valence-corrected chi connectivity index (χ3v) is 7.01. The summed E-state index contributed by atoms with van der Waals surface area (Å²) >= 11 is 0. The van der Waals surface area contributed by atoms with Crippen LogP contribution in [-0.4, -0.2) is 45.2 Å². The molecule has 176 valence electrons. The van der Waals surface area contributed by atoms with Crippen molar-refractivity contribution >= 4 is 17.3 Å². The largest absolute Gasteiger partial charge is 0.497 e. The fourth-order valence-electron chi connectivity index (χ4n) is 5.20. The van der Waals surface area contributed by atoms with Crippen molar-refractivity contribution < 1.29 is 13.9 Å². The standard InChI is InChI=1S/C28H30FN3O2/c1-34-24-12-7-21-17-25(28(33)30-14-13-20-5-3-2-4-6-20)27-19-31(15-16-32(27)26(21)18-24)23-10-8-22(29)9-11-23/h2-12,18,25,27H,13-17,19H2,1H3,(H,30,33)/t25-,27+/m0/s1. The highest BCUT2D eigenvalue weighted by Crippen LogP contribution is 2.39. The lowest BCUT2D eigenvalue weighted by atomic mass is 9.83. The number of ether oxygens (including phenoxy) is 1. The minimum absolute atomic E-state index is 0.0233. The van der Waals surface area contributed by atoms with Crippen LogP contribution in [0.1, 0.15) is 11.1 Å². The SMILES string of the molecule is COc1ccc2c(c1)N1CCN(c3ccc(F)cc3)C[C@@H]1[C@@H](C(=O)NCCc1ccccc1)C2. The molecule has 2 aliphatic heterocycles. The first-order valence-electron chi connectivity index (χ1n) is 11.9. The number of fused-ring (bicyclic) bond motifs is 3. The smallest absolute Gasteiger partial charge is 0.225 e. The summed E-state index contributed by atoms with van der Waals surface area (Å²) in [4.78, 5) is 18.1.